The van der Waals surface area contributed by atoms with Crippen LogP contribution in [0.1, 0.15) is 5.82 Å². The summed E-state index contributed by atoms with van der Waals surface area (Å²) in [6.07, 6.45) is 4.23. The van der Waals surface area contributed by atoms with Gasteiger partial charge in [0.25, 0.3) is 0 Å². The molecule has 1 aliphatic rings. The average molecular weight is 211 g/mol. The van der Waals surface area contributed by atoms with Gasteiger partial charge in [0.05, 0.1) is 25.4 Å². The van der Waals surface area contributed by atoms with E-state index in [9.17, 15) is 5.11 Å². The van der Waals surface area contributed by atoms with Crippen molar-refractivity contribution < 1.29 is 9.84 Å². The fourth-order valence-corrected chi connectivity index (χ4v) is 1.74. The smallest absolute Gasteiger partial charge is 0.109 e. The zero-order valence-corrected chi connectivity index (χ0v) is 8.89. The summed E-state index contributed by atoms with van der Waals surface area (Å²) < 4.78 is 7.15. The molecule has 84 valence electrons. The predicted octanol–water partition coefficient (Wildman–Crippen LogP) is -0.688. The third-order valence-electron chi connectivity index (χ3n) is 2.73. The molecule has 1 saturated heterocycles. The highest BCUT2D eigenvalue weighted by atomic mass is 16.5. The number of imidazole rings is 1. The minimum atomic E-state index is -0.369. The molecule has 2 atom stereocenters. The Morgan fingerprint density at radius 1 is 1.67 bits per heavy atom. The highest BCUT2D eigenvalue weighted by Gasteiger charge is 2.25. The molecule has 1 aromatic heterocycles. The van der Waals surface area contributed by atoms with Gasteiger partial charge in [0.15, 0.2) is 0 Å². The Bertz CT molecular complexity index is 313. The lowest BCUT2D eigenvalue weighted by Gasteiger charge is -2.13. The van der Waals surface area contributed by atoms with E-state index in [0.29, 0.717) is 13.2 Å². The molecule has 0 amide bonds. The Morgan fingerprint density at radius 3 is 3.13 bits per heavy atom. The summed E-state index contributed by atoms with van der Waals surface area (Å²) in [4.78, 5) is 4.23. The van der Waals surface area contributed by atoms with Crippen molar-refractivity contribution in [2.24, 2.45) is 7.05 Å². The first kappa shape index (κ1) is 10.6. The lowest BCUT2D eigenvalue weighted by molar-refractivity contribution is 0.122. The number of aliphatic hydroxyl groups is 1. The lowest BCUT2D eigenvalue weighted by atomic mass is 10.2. The number of aryl methyl sites for hydroxylation is 1. The number of hydrogen-bond donors (Lipinski definition) is 2. The van der Waals surface area contributed by atoms with Gasteiger partial charge >= 0.3 is 0 Å². The topological polar surface area (TPSA) is 59.3 Å². The molecular formula is C10H17N3O2. The molecule has 2 rings (SSSR count). The Kier molecular flexibility index (Phi) is 3.35. The van der Waals surface area contributed by atoms with Crippen LogP contribution < -0.4 is 5.32 Å². The van der Waals surface area contributed by atoms with Crippen LogP contribution in [0.15, 0.2) is 12.4 Å². The van der Waals surface area contributed by atoms with Gasteiger partial charge in [0, 0.05) is 32.4 Å². The maximum absolute atomic E-state index is 9.49. The normalized spacial score (nSPS) is 26.0. The van der Waals surface area contributed by atoms with Crippen molar-refractivity contribution in [3.8, 4) is 0 Å². The molecule has 0 spiro atoms. The molecule has 2 heterocycles. The van der Waals surface area contributed by atoms with Crippen LogP contribution in [0.5, 0.6) is 0 Å². The number of nitrogens with zero attached hydrogens (tertiary/aromatic N) is 2. The molecule has 1 aromatic rings. The molecule has 0 saturated carbocycles. The van der Waals surface area contributed by atoms with Gasteiger partial charge in [-0.3, -0.25) is 0 Å². The van der Waals surface area contributed by atoms with Crippen LogP contribution >= 0.6 is 0 Å². The first-order valence-electron chi connectivity index (χ1n) is 5.23. The van der Waals surface area contributed by atoms with Crippen molar-refractivity contribution in [1.29, 1.82) is 0 Å². The summed E-state index contributed by atoms with van der Waals surface area (Å²) in [6.45, 7) is 1.86. The van der Waals surface area contributed by atoms with Gasteiger partial charge in [-0.1, -0.05) is 0 Å². The van der Waals surface area contributed by atoms with Crippen LogP contribution in [0.2, 0.25) is 0 Å². The van der Waals surface area contributed by atoms with E-state index in [0.717, 1.165) is 18.8 Å². The van der Waals surface area contributed by atoms with E-state index in [2.05, 4.69) is 10.3 Å². The third-order valence-corrected chi connectivity index (χ3v) is 2.73. The predicted molar refractivity (Wildman–Crippen MR) is 55.5 cm³/mol. The Labute approximate surface area is 89.1 Å². The molecule has 0 aromatic carbocycles. The van der Waals surface area contributed by atoms with Gasteiger partial charge in [0.2, 0.25) is 0 Å². The van der Waals surface area contributed by atoms with E-state index in [1.807, 2.05) is 17.8 Å². The third kappa shape index (κ3) is 2.56. The molecule has 0 bridgehead atoms. The van der Waals surface area contributed by atoms with Gasteiger partial charge in [-0.15, -0.1) is 0 Å². The Balaban J connectivity index is 1.73. The molecule has 0 radical (unpaired) electrons. The average Bonchev–Trinajstić information content (AvgIpc) is 2.78. The summed E-state index contributed by atoms with van der Waals surface area (Å²) in [7, 11) is 1.98. The van der Waals surface area contributed by atoms with Crippen molar-refractivity contribution in [1.82, 2.24) is 14.9 Å². The number of aromatic nitrogens is 2. The second kappa shape index (κ2) is 4.74. The maximum Gasteiger partial charge on any atom is 0.109 e. The molecule has 0 aliphatic carbocycles. The number of aliphatic hydroxyl groups excluding tert-OH is 1. The molecule has 2 N–H and O–H groups in total. The zero-order chi connectivity index (χ0) is 10.7. The van der Waals surface area contributed by atoms with Crippen LogP contribution in [-0.2, 0) is 18.2 Å². The zero-order valence-electron chi connectivity index (χ0n) is 8.89. The Morgan fingerprint density at radius 2 is 2.53 bits per heavy atom. The quantitative estimate of drug-likeness (QED) is 0.692. The van der Waals surface area contributed by atoms with E-state index >= 15 is 0 Å². The number of hydrogen-bond acceptors (Lipinski definition) is 4. The largest absolute Gasteiger partial charge is 0.389 e. The van der Waals surface area contributed by atoms with Crippen LogP contribution in [0.4, 0.5) is 0 Å². The number of rotatable bonds is 4. The standard InChI is InChI=1S/C10H17N3O2/c1-13-5-4-12-10(13)2-3-11-8-6-15-7-9(8)14/h4-5,8-9,11,14H,2-3,6-7H2,1H3. The van der Waals surface area contributed by atoms with Crippen LogP contribution in [0.25, 0.3) is 0 Å². The van der Waals surface area contributed by atoms with Gasteiger partial charge in [-0.2, -0.15) is 0 Å². The van der Waals surface area contributed by atoms with E-state index < -0.39 is 0 Å². The van der Waals surface area contributed by atoms with E-state index in [-0.39, 0.29) is 12.1 Å². The van der Waals surface area contributed by atoms with Gasteiger partial charge in [-0.25, -0.2) is 4.98 Å². The molecule has 15 heavy (non-hydrogen) atoms. The highest BCUT2D eigenvalue weighted by molar-refractivity contribution is 4.92. The van der Waals surface area contributed by atoms with Crippen molar-refractivity contribution in [3.05, 3.63) is 18.2 Å². The van der Waals surface area contributed by atoms with E-state index in [4.69, 9.17) is 4.74 Å². The summed E-state index contributed by atoms with van der Waals surface area (Å²) in [5.74, 6) is 1.05. The first-order valence-corrected chi connectivity index (χ1v) is 5.23. The molecule has 5 nitrogen and oxygen atoms in total. The second-order valence-electron chi connectivity index (χ2n) is 3.87. The van der Waals surface area contributed by atoms with Crippen LogP contribution in [0.3, 0.4) is 0 Å². The highest BCUT2D eigenvalue weighted by Crippen LogP contribution is 2.04. The summed E-state index contributed by atoms with van der Waals surface area (Å²) in [5.41, 5.74) is 0. The summed E-state index contributed by atoms with van der Waals surface area (Å²) in [5, 5.41) is 12.8. The van der Waals surface area contributed by atoms with Gasteiger partial charge in [0.1, 0.15) is 5.82 Å². The minimum absolute atomic E-state index is 0.0743. The second-order valence-corrected chi connectivity index (χ2v) is 3.87. The fourth-order valence-electron chi connectivity index (χ4n) is 1.74. The summed E-state index contributed by atoms with van der Waals surface area (Å²) >= 11 is 0. The van der Waals surface area contributed by atoms with Gasteiger partial charge in [-0.05, 0) is 0 Å². The van der Waals surface area contributed by atoms with Crippen molar-refractivity contribution in [2.45, 2.75) is 18.6 Å². The van der Waals surface area contributed by atoms with Crippen LogP contribution in [0, 0.1) is 0 Å². The van der Waals surface area contributed by atoms with Gasteiger partial charge < -0.3 is 19.7 Å². The van der Waals surface area contributed by atoms with Crippen molar-refractivity contribution >= 4 is 0 Å². The van der Waals surface area contributed by atoms with E-state index in [1.165, 1.54) is 0 Å². The molecule has 2 unspecified atom stereocenters. The Hall–Kier alpha value is -0.910. The van der Waals surface area contributed by atoms with E-state index in [1.54, 1.807) is 6.20 Å². The number of ether oxygens (including phenoxy) is 1. The molecule has 1 aliphatic heterocycles. The minimum Gasteiger partial charge on any atom is -0.389 e. The SMILES string of the molecule is Cn1ccnc1CCNC1COCC1O. The van der Waals surface area contributed by atoms with Crippen molar-refractivity contribution in [3.63, 3.8) is 0 Å². The lowest BCUT2D eigenvalue weighted by Crippen LogP contribution is -2.39. The molecule has 5 heteroatoms. The first-order chi connectivity index (χ1) is 7.27. The fraction of sp³-hybridized carbons (Fsp3) is 0.700. The number of nitrogens with one attached hydrogen (secondary N) is 1. The molecule has 1 fully saturated rings. The van der Waals surface area contributed by atoms with Crippen LogP contribution in [-0.4, -0.2) is 46.6 Å². The summed E-state index contributed by atoms with van der Waals surface area (Å²) in [6, 6.07) is 0.0743. The molecular weight excluding hydrogens is 194 g/mol. The monoisotopic (exact) mass is 211 g/mol. The maximum atomic E-state index is 9.49. The van der Waals surface area contributed by atoms with Crippen molar-refractivity contribution in [2.75, 3.05) is 19.8 Å².